The first-order valence-electron chi connectivity index (χ1n) is 6.21. The Labute approximate surface area is 123 Å². The molecule has 2 aromatic heterocycles. The van der Waals surface area contributed by atoms with Crippen molar-refractivity contribution in [2.24, 2.45) is 0 Å². The van der Waals surface area contributed by atoms with Crippen molar-refractivity contribution < 1.29 is 13.9 Å². The highest BCUT2D eigenvalue weighted by Crippen LogP contribution is 2.24. The summed E-state index contributed by atoms with van der Waals surface area (Å²) in [7, 11) is 1.52. The van der Waals surface area contributed by atoms with E-state index in [0.29, 0.717) is 27.5 Å². The first-order valence-corrected chi connectivity index (χ1v) is 7.09. The molecule has 0 saturated heterocycles. The molecule has 3 aromatic rings. The first-order chi connectivity index (χ1) is 10.2. The molecular weight excluding hydrogens is 293 g/mol. The van der Waals surface area contributed by atoms with Crippen LogP contribution in [0.4, 0.5) is 4.39 Å². The van der Waals surface area contributed by atoms with E-state index in [4.69, 9.17) is 4.74 Å². The molecule has 0 aliphatic heterocycles. The minimum absolute atomic E-state index is 0.228. The first kappa shape index (κ1) is 13.6. The van der Waals surface area contributed by atoms with Crippen molar-refractivity contribution in [3.63, 3.8) is 0 Å². The number of thiophene rings is 1. The summed E-state index contributed by atoms with van der Waals surface area (Å²) in [6, 6.07) is 6.05. The highest BCUT2D eigenvalue weighted by Gasteiger charge is 2.14. The van der Waals surface area contributed by atoms with Gasteiger partial charge in [0.25, 0.3) is 5.91 Å². The van der Waals surface area contributed by atoms with Crippen molar-refractivity contribution in [2.45, 2.75) is 6.54 Å². The van der Waals surface area contributed by atoms with Gasteiger partial charge < -0.3 is 15.0 Å². The fourth-order valence-electron chi connectivity index (χ4n) is 1.99. The molecule has 3 rings (SSSR count). The highest BCUT2D eigenvalue weighted by molar-refractivity contribution is 7.12. The maximum absolute atomic E-state index is 13.1. The van der Waals surface area contributed by atoms with Gasteiger partial charge in [-0.2, -0.15) is 0 Å². The van der Waals surface area contributed by atoms with Gasteiger partial charge in [0.2, 0.25) is 0 Å². The van der Waals surface area contributed by atoms with E-state index in [2.05, 4.69) is 15.3 Å². The Morgan fingerprint density at radius 2 is 2.33 bits per heavy atom. The second-order valence-electron chi connectivity index (χ2n) is 4.35. The second kappa shape index (κ2) is 5.53. The van der Waals surface area contributed by atoms with Gasteiger partial charge in [-0.15, -0.1) is 11.3 Å². The average molecular weight is 305 g/mol. The molecule has 0 aliphatic carbocycles. The quantitative estimate of drug-likeness (QED) is 0.779. The molecule has 2 heterocycles. The molecule has 0 spiro atoms. The molecule has 108 valence electrons. The summed E-state index contributed by atoms with van der Waals surface area (Å²) in [4.78, 5) is 19.8. The number of H-pyrrole nitrogens is 1. The van der Waals surface area contributed by atoms with Crippen LogP contribution < -0.4 is 10.1 Å². The zero-order chi connectivity index (χ0) is 14.8. The second-order valence-corrected chi connectivity index (χ2v) is 5.26. The lowest BCUT2D eigenvalue weighted by atomic mass is 10.3. The van der Waals surface area contributed by atoms with Crippen LogP contribution in [0.25, 0.3) is 11.0 Å². The molecule has 0 aliphatic rings. The molecule has 2 N–H and O–H groups in total. The molecular formula is C14H12FN3O2S. The minimum Gasteiger partial charge on any atom is -0.495 e. The molecule has 1 aromatic carbocycles. The number of aromatic nitrogens is 2. The van der Waals surface area contributed by atoms with Gasteiger partial charge in [-0.3, -0.25) is 4.79 Å². The van der Waals surface area contributed by atoms with Gasteiger partial charge in [-0.05, 0) is 29.6 Å². The van der Waals surface area contributed by atoms with Crippen molar-refractivity contribution in [3.8, 4) is 5.75 Å². The number of carbonyl (C=O) groups excluding carboxylic acids is 1. The summed E-state index contributed by atoms with van der Waals surface area (Å²) >= 11 is 1.31. The number of amides is 1. The molecule has 21 heavy (non-hydrogen) atoms. The molecule has 0 saturated carbocycles. The van der Waals surface area contributed by atoms with Crippen molar-refractivity contribution >= 4 is 28.3 Å². The predicted molar refractivity (Wildman–Crippen MR) is 78.1 cm³/mol. The van der Waals surface area contributed by atoms with Gasteiger partial charge in [0.05, 0.1) is 24.7 Å². The van der Waals surface area contributed by atoms with Gasteiger partial charge in [-0.1, -0.05) is 0 Å². The average Bonchev–Trinajstić information content (AvgIpc) is 3.10. The summed E-state index contributed by atoms with van der Waals surface area (Å²) in [5, 5.41) is 4.55. The van der Waals surface area contributed by atoms with Crippen LogP contribution >= 0.6 is 11.3 Å². The Balaban J connectivity index is 1.73. The van der Waals surface area contributed by atoms with Gasteiger partial charge in [0.15, 0.2) is 0 Å². The number of ether oxygens (including phenoxy) is 1. The van der Waals surface area contributed by atoms with E-state index in [1.807, 2.05) is 0 Å². The topological polar surface area (TPSA) is 67.0 Å². The fourth-order valence-corrected chi connectivity index (χ4v) is 2.76. The number of imidazole rings is 1. The maximum atomic E-state index is 13.1. The standard InChI is InChI=1S/C14H12FN3O2S/c1-20-11-4-5-21-13(11)14(19)16-7-12-17-9-3-2-8(15)6-10(9)18-12/h2-6H,7H2,1H3,(H,16,19)(H,17,18). The van der Waals surface area contributed by atoms with E-state index in [1.165, 1.54) is 30.6 Å². The van der Waals surface area contributed by atoms with E-state index in [1.54, 1.807) is 17.5 Å². The van der Waals surface area contributed by atoms with E-state index in [9.17, 15) is 9.18 Å². The van der Waals surface area contributed by atoms with Crippen molar-refractivity contribution in [3.05, 3.63) is 46.2 Å². The lowest BCUT2D eigenvalue weighted by Crippen LogP contribution is -2.22. The van der Waals surface area contributed by atoms with Crippen LogP contribution in [0.1, 0.15) is 15.5 Å². The van der Waals surface area contributed by atoms with Crippen LogP contribution in [0.15, 0.2) is 29.6 Å². The van der Waals surface area contributed by atoms with Crippen LogP contribution in [0.5, 0.6) is 5.75 Å². The normalized spacial score (nSPS) is 10.8. The van der Waals surface area contributed by atoms with E-state index >= 15 is 0 Å². The number of hydrogen-bond acceptors (Lipinski definition) is 4. The smallest absolute Gasteiger partial charge is 0.265 e. The van der Waals surface area contributed by atoms with Crippen molar-refractivity contribution in [2.75, 3.05) is 7.11 Å². The number of benzene rings is 1. The Hall–Kier alpha value is -2.41. The Kier molecular flexibility index (Phi) is 3.57. The third-order valence-corrected chi connectivity index (χ3v) is 3.86. The number of carbonyl (C=O) groups is 1. The number of aromatic amines is 1. The zero-order valence-corrected chi connectivity index (χ0v) is 12.0. The van der Waals surface area contributed by atoms with Crippen LogP contribution in [0.3, 0.4) is 0 Å². The molecule has 0 atom stereocenters. The molecule has 7 heteroatoms. The zero-order valence-electron chi connectivity index (χ0n) is 11.1. The Morgan fingerprint density at radius 1 is 1.48 bits per heavy atom. The van der Waals surface area contributed by atoms with Crippen LogP contribution in [-0.2, 0) is 6.54 Å². The Morgan fingerprint density at radius 3 is 3.14 bits per heavy atom. The van der Waals surface area contributed by atoms with Crippen LogP contribution in [-0.4, -0.2) is 23.0 Å². The lowest BCUT2D eigenvalue weighted by Gasteiger charge is -2.03. The SMILES string of the molecule is COc1ccsc1C(=O)NCc1nc2ccc(F)cc2[nH]1. The summed E-state index contributed by atoms with van der Waals surface area (Å²) in [6.07, 6.45) is 0. The minimum atomic E-state index is -0.329. The number of rotatable bonds is 4. The van der Waals surface area contributed by atoms with E-state index in [0.717, 1.165) is 0 Å². The van der Waals surface area contributed by atoms with Crippen molar-refractivity contribution in [1.82, 2.24) is 15.3 Å². The van der Waals surface area contributed by atoms with Crippen LogP contribution in [0, 0.1) is 5.82 Å². The largest absolute Gasteiger partial charge is 0.495 e. The molecule has 0 bridgehead atoms. The summed E-state index contributed by atoms with van der Waals surface area (Å²) in [5.74, 6) is 0.558. The Bertz CT molecular complexity index is 796. The summed E-state index contributed by atoms with van der Waals surface area (Å²) < 4.78 is 18.2. The number of hydrogen-bond donors (Lipinski definition) is 2. The van der Waals surface area contributed by atoms with Gasteiger partial charge in [-0.25, -0.2) is 9.37 Å². The molecule has 0 fully saturated rings. The molecule has 1 amide bonds. The fraction of sp³-hybridized carbons (Fsp3) is 0.143. The van der Waals surface area contributed by atoms with E-state index in [-0.39, 0.29) is 18.3 Å². The predicted octanol–water partition coefficient (Wildman–Crippen LogP) is 2.70. The number of methoxy groups -OCH3 is 1. The third kappa shape index (κ3) is 2.73. The molecule has 0 radical (unpaired) electrons. The van der Waals surface area contributed by atoms with Crippen LogP contribution in [0.2, 0.25) is 0 Å². The van der Waals surface area contributed by atoms with Gasteiger partial charge >= 0.3 is 0 Å². The summed E-state index contributed by atoms with van der Waals surface area (Å²) in [6.45, 7) is 0.232. The lowest BCUT2D eigenvalue weighted by molar-refractivity contribution is 0.0951. The summed E-state index contributed by atoms with van der Waals surface area (Å²) in [5.41, 5.74) is 1.27. The molecule has 0 unspecified atom stereocenters. The highest BCUT2D eigenvalue weighted by atomic mass is 32.1. The van der Waals surface area contributed by atoms with Crippen molar-refractivity contribution in [1.29, 1.82) is 0 Å². The number of halogens is 1. The third-order valence-electron chi connectivity index (χ3n) is 2.96. The van der Waals surface area contributed by atoms with Gasteiger partial charge in [0.1, 0.15) is 22.3 Å². The van der Waals surface area contributed by atoms with E-state index < -0.39 is 0 Å². The number of fused-ring (bicyclic) bond motifs is 1. The monoisotopic (exact) mass is 305 g/mol. The van der Waals surface area contributed by atoms with Gasteiger partial charge in [0, 0.05) is 0 Å². The number of nitrogens with one attached hydrogen (secondary N) is 2. The maximum Gasteiger partial charge on any atom is 0.265 e. The molecule has 5 nitrogen and oxygen atoms in total. The number of nitrogens with zero attached hydrogens (tertiary/aromatic N) is 1.